The maximum absolute atomic E-state index is 3.39. The van der Waals surface area contributed by atoms with Crippen LogP contribution in [-0.2, 0) is 6.42 Å². The van der Waals surface area contributed by atoms with Gasteiger partial charge in [0.25, 0.3) is 0 Å². The molecule has 2 N–H and O–H groups in total. The van der Waals surface area contributed by atoms with Gasteiger partial charge in [0.05, 0.1) is 5.69 Å². The van der Waals surface area contributed by atoms with Crippen LogP contribution in [0.1, 0.15) is 25.5 Å². The van der Waals surface area contributed by atoms with Gasteiger partial charge in [0.1, 0.15) is 0 Å². The fraction of sp³-hybridized carbons (Fsp3) is 0.667. The quantitative estimate of drug-likeness (QED) is 0.788. The summed E-state index contributed by atoms with van der Waals surface area (Å²) in [5, 5.41) is 3.39. The van der Waals surface area contributed by atoms with Crippen molar-refractivity contribution in [3.8, 4) is 0 Å². The van der Waals surface area contributed by atoms with Crippen LogP contribution in [0.5, 0.6) is 0 Å². The molecule has 2 heterocycles. The number of nitrogens with one attached hydrogen (secondary N) is 2. The number of aryl methyl sites for hydroxylation is 1. The van der Waals surface area contributed by atoms with Gasteiger partial charge in [-0.2, -0.15) is 0 Å². The van der Waals surface area contributed by atoms with E-state index in [1.54, 1.807) is 0 Å². The second-order valence-electron chi connectivity index (χ2n) is 4.18. The molecule has 0 atom stereocenters. The van der Waals surface area contributed by atoms with Crippen LogP contribution in [0.15, 0.2) is 12.3 Å². The number of aromatic amines is 1. The zero-order valence-corrected chi connectivity index (χ0v) is 9.55. The number of hydrogen-bond donors (Lipinski definition) is 2. The second kappa shape index (κ2) is 5.21. The van der Waals surface area contributed by atoms with Gasteiger partial charge >= 0.3 is 0 Å². The van der Waals surface area contributed by atoms with Crippen LogP contribution in [0.2, 0.25) is 0 Å². The molecule has 2 rings (SSSR count). The first kappa shape index (κ1) is 10.6. The predicted molar refractivity (Wildman–Crippen MR) is 64.5 cm³/mol. The highest BCUT2D eigenvalue weighted by molar-refractivity contribution is 5.51. The van der Waals surface area contributed by atoms with E-state index in [-0.39, 0.29) is 0 Å². The van der Waals surface area contributed by atoms with Crippen molar-refractivity contribution in [2.75, 3.05) is 31.1 Å². The summed E-state index contributed by atoms with van der Waals surface area (Å²) in [6.45, 7) is 6.73. The molecule has 15 heavy (non-hydrogen) atoms. The van der Waals surface area contributed by atoms with E-state index in [4.69, 9.17) is 0 Å². The van der Waals surface area contributed by atoms with Crippen molar-refractivity contribution in [1.29, 1.82) is 0 Å². The van der Waals surface area contributed by atoms with Crippen LogP contribution < -0.4 is 10.2 Å². The van der Waals surface area contributed by atoms with Crippen molar-refractivity contribution in [3.05, 3.63) is 18.0 Å². The van der Waals surface area contributed by atoms with Crippen molar-refractivity contribution in [3.63, 3.8) is 0 Å². The number of unbranched alkanes of at least 4 members (excludes halogenated alkanes) is 1. The number of piperazine rings is 1. The third-order valence-corrected chi connectivity index (χ3v) is 3.05. The highest BCUT2D eigenvalue weighted by Gasteiger charge is 2.14. The molecular weight excluding hydrogens is 186 g/mol. The molecule has 1 fully saturated rings. The van der Waals surface area contributed by atoms with E-state index in [9.17, 15) is 0 Å². The summed E-state index contributed by atoms with van der Waals surface area (Å²) in [6.07, 6.45) is 5.80. The molecule has 1 saturated heterocycles. The van der Waals surface area contributed by atoms with E-state index >= 15 is 0 Å². The summed E-state index contributed by atoms with van der Waals surface area (Å²) in [5.74, 6) is 0. The van der Waals surface area contributed by atoms with Gasteiger partial charge < -0.3 is 15.2 Å². The van der Waals surface area contributed by atoms with Crippen LogP contribution in [0.3, 0.4) is 0 Å². The van der Waals surface area contributed by atoms with Crippen LogP contribution in [0.4, 0.5) is 5.69 Å². The Hall–Kier alpha value is -0.960. The second-order valence-corrected chi connectivity index (χ2v) is 4.18. The molecular formula is C12H21N3. The molecule has 0 amide bonds. The summed E-state index contributed by atoms with van der Waals surface area (Å²) in [4.78, 5) is 5.86. The average molecular weight is 207 g/mol. The lowest BCUT2D eigenvalue weighted by Gasteiger charge is -2.29. The maximum atomic E-state index is 3.39. The van der Waals surface area contributed by atoms with Crippen molar-refractivity contribution in [1.82, 2.24) is 10.3 Å². The van der Waals surface area contributed by atoms with Gasteiger partial charge in [-0.15, -0.1) is 0 Å². The fourth-order valence-electron chi connectivity index (χ4n) is 2.15. The lowest BCUT2D eigenvalue weighted by Crippen LogP contribution is -2.43. The topological polar surface area (TPSA) is 31.1 Å². The molecule has 0 spiro atoms. The Labute approximate surface area is 91.9 Å². The monoisotopic (exact) mass is 207 g/mol. The number of hydrogen-bond acceptors (Lipinski definition) is 2. The Bertz CT molecular complexity index is 287. The van der Waals surface area contributed by atoms with E-state index < -0.39 is 0 Å². The van der Waals surface area contributed by atoms with E-state index in [2.05, 4.69) is 34.4 Å². The largest absolute Gasteiger partial charge is 0.368 e. The molecule has 0 unspecified atom stereocenters. The highest BCUT2D eigenvalue weighted by atomic mass is 15.2. The summed E-state index contributed by atoms with van der Waals surface area (Å²) in [6, 6.07) is 2.22. The van der Waals surface area contributed by atoms with Gasteiger partial charge in [-0.3, -0.25) is 0 Å². The molecule has 0 radical (unpaired) electrons. The van der Waals surface area contributed by atoms with Crippen molar-refractivity contribution in [2.24, 2.45) is 0 Å². The normalized spacial score (nSPS) is 17.0. The third-order valence-electron chi connectivity index (χ3n) is 3.05. The Morgan fingerprint density at radius 3 is 2.87 bits per heavy atom. The number of nitrogens with zero attached hydrogens (tertiary/aromatic N) is 1. The third kappa shape index (κ3) is 2.53. The van der Waals surface area contributed by atoms with E-state index in [0.717, 1.165) is 26.2 Å². The number of anilines is 1. The number of H-pyrrole nitrogens is 1. The predicted octanol–water partition coefficient (Wildman–Crippen LogP) is 1.77. The smallest absolute Gasteiger partial charge is 0.0577 e. The maximum Gasteiger partial charge on any atom is 0.0577 e. The first-order chi connectivity index (χ1) is 7.42. The Kier molecular flexibility index (Phi) is 3.67. The first-order valence-corrected chi connectivity index (χ1v) is 6.03. The van der Waals surface area contributed by atoms with E-state index in [1.165, 1.54) is 30.6 Å². The first-order valence-electron chi connectivity index (χ1n) is 6.03. The molecule has 0 bridgehead atoms. The lowest BCUT2D eigenvalue weighted by atomic mass is 10.1. The molecule has 0 saturated carbocycles. The fourth-order valence-corrected chi connectivity index (χ4v) is 2.15. The summed E-state index contributed by atoms with van der Waals surface area (Å²) >= 11 is 0. The molecule has 1 aliphatic rings. The van der Waals surface area contributed by atoms with Crippen LogP contribution >= 0.6 is 0 Å². The number of rotatable bonds is 4. The van der Waals surface area contributed by atoms with Crippen LogP contribution in [0.25, 0.3) is 0 Å². The van der Waals surface area contributed by atoms with Gasteiger partial charge in [0, 0.05) is 38.1 Å². The Morgan fingerprint density at radius 1 is 1.33 bits per heavy atom. The van der Waals surface area contributed by atoms with E-state index in [0.29, 0.717) is 0 Å². The van der Waals surface area contributed by atoms with Gasteiger partial charge in [0.15, 0.2) is 0 Å². The van der Waals surface area contributed by atoms with Crippen molar-refractivity contribution >= 4 is 5.69 Å². The standard InChI is InChI=1S/C12H21N3/c1-2-3-4-11-12(5-6-14-11)15-9-7-13-8-10-15/h5-6,13-14H,2-4,7-10H2,1H3. The molecule has 3 nitrogen and oxygen atoms in total. The zero-order chi connectivity index (χ0) is 10.5. The van der Waals surface area contributed by atoms with Crippen LogP contribution in [-0.4, -0.2) is 31.2 Å². The summed E-state index contributed by atoms with van der Waals surface area (Å²) in [5.41, 5.74) is 2.84. The van der Waals surface area contributed by atoms with Crippen molar-refractivity contribution < 1.29 is 0 Å². The van der Waals surface area contributed by atoms with Gasteiger partial charge in [-0.25, -0.2) is 0 Å². The minimum atomic E-state index is 1.11. The Balaban J connectivity index is 2.02. The van der Waals surface area contributed by atoms with E-state index in [1.807, 2.05) is 0 Å². The minimum absolute atomic E-state index is 1.11. The van der Waals surface area contributed by atoms with Gasteiger partial charge in [-0.1, -0.05) is 13.3 Å². The van der Waals surface area contributed by atoms with Crippen LogP contribution in [0, 0.1) is 0 Å². The molecule has 3 heteroatoms. The molecule has 0 aromatic carbocycles. The molecule has 1 aromatic heterocycles. The van der Waals surface area contributed by atoms with Gasteiger partial charge in [0.2, 0.25) is 0 Å². The molecule has 84 valence electrons. The van der Waals surface area contributed by atoms with Gasteiger partial charge in [-0.05, 0) is 18.9 Å². The number of aromatic nitrogens is 1. The van der Waals surface area contributed by atoms with Crippen molar-refractivity contribution in [2.45, 2.75) is 26.2 Å². The highest BCUT2D eigenvalue weighted by Crippen LogP contribution is 2.21. The lowest BCUT2D eigenvalue weighted by molar-refractivity contribution is 0.587. The molecule has 1 aromatic rings. The average Bonchev–Trinajstić information content (AvgIpc) is 2.75. The SMILES string of the molecule is CCCCc1[nH]ccc1N1CCNCC1. The molecule has 0 aliphatic carbocycles. The minimum Gasteiger partial charge on any atom is -0.368 e. The summed E-state index contributed by atoms with van der Waals surface area (Å²) in [7, 11) is 0. The Morgan fingerprint density at radius 2 is 2.13 bits per heavy atom. The molecule has 1 aliphatic heterocycles. The summed E-state index contributed by atoms with van der Waals surface area (Å²) < 4.78 is 0. The zero-order valence-electron chi connectivity index (χ0n) is 9.55.